The molecule has 0 saturated carbocycles. The third-order valence-corrected chi connectivity index (χ3v) is 3.28. The Morgan fingerprint density at radius 1 is 1.40 bits per heavy atom. The predicted molar refractivity (Wildman–Crippen MR) is 75.0 cm³/mol. The lowest BCUT2D eigenvalue weighted by molar-refractivity contribution is 0.0669. The van der Waals surface area contributed by atoms with E-state index in [9.17, 15) is 4.39 Å². The normalized spacial score (nSPS) is 18.1. The SMILES string of the molecule is COC(CN=C(N)N1CCOCC1)c1ccc(F)cc1. The number of halogens is 1. The van der Waals surface area contributed by atoms with E-state index in [1.54, 1.807) is 19.2 Å². The first-order valence-corrected chi connectivity index (χ1v) is 6.61. The molecule has 1 heterocycles. The molecule has 1 aliphatic heterocycles. The zero-order valence-electron chi connectivity index (χ0n) is 11.6. The molecule has 1 aromatic carbocycles. The maximum absolute atomic E-state index is 12.9. The summed E-state index contributed by atoms with van der Waals surface area (Å²) < 4.78 is 23.6. The van der Waals surface area contributed by atoms with Gasteiger partial charge in [0.1, 0.15) is 11.9 Å². The van der Waals surface area contributed by atoms with Gasteiger partial charge in [0.15, 0.2) is 5.96 Å². The van der Waals surface area contributed by atoms with Crippen LogP contribution in [0.3, 0.4) is 0 Å². The molecule has 0 aromatic heterocycles. The predicted octanol–water partition coefficient (Wildman–Crippen LogP) is 1.16. The summed E-state index contributed by atoms with van der Waals surface area (Å²) in [4.78, 5) is 6.35. The van der Waals surface area contributed by atoms with Gasteiger partial charge in [-0.05, 0) is 17.7 Å². The quantitative estimate of drug-likeness (QED) is 0.664. The van der Waals surface area contributed by atoms with Crippen LogP contribution >= 0.6 is 0 Å². The summed E-state index contributed by atoms with van der Waals surface area (Å²) in [7, 11) is 1.61. The van der Waals surface area contributed by atoms with Crippen LogP contribution < -0.4 is 5.73 Å². The van der Waals surface area contributed by atoms with E-state index in [1.807, 2.05) is 4.90 Å². The van der Waals surface area contributed by atoms with Crippen molar-refractivity contribution in [2.24, 2.45) is 10.7 Å². The van der Waals surface area contributed by atoms with Crippen LogP contribution in [0.15, 0.2) is 29.3 Å². The Morgan fingerprint density at radius 3 is 2.65 bits per heavy atom. The summed E-state index contributed by atoms with van der Waals surface area (Å²) in [5.41, 5.74) is 6.84. The average Bonchev–Trinajstić information content (AvgIpc) is 2.50. The molecule has 1 saturated heterocycles. The molecule has 2 rings (SSSR count). The minimum absolute atomic E-state index is 0.227. The lowest BCUT2D eigenvalue weighted by Gasteiger charge is -2.27. The Hall–Kier alpha value is -1.66. The zero-order valence-corrected chi connectivity index (χ0v) is 11.6. The van der Waals surface area contributed by atoms with Gasteiger partial charge >= 0.3 is 0 Å². The highest BCUT2D eigenvalue weighted by molar-refractivity contribution is 5.78. The number of methoxy groups -OCH3 is 1. The lowest BCUT2D eigenvalue weighted by atomic mass is 10.1. The molecular formula is C14H20FN3O2. The molecule has 2 N–H and O–H groups in total. The molecule has 1 unspecified atom stereocenters. The molecule has 0 radical (unpaired) electrons. The van der Waals surface area contributed by atoms with Gasteiger partial charge in [0, 0.05) is 20.2 Å². The van der Waals surface area contributed by atoms with Gasteiger partial charge in [0.25, 0.3) is 0 Å². The van der Waals surface area contributed by atoms with Crippen molar-refractivity contribution >= 4 is 5.96 Å². The fourth-order valence-corrected chi connectivity index (χ4v) is 2.06. The number of nitrogens with two attached hydrogens (primary N) is 1. The molecular weight excluding hydrogens is 261 g/mol. The highest BCUT2D eigenvalue weighted by atomic mass is 19.1. The number of nitrogens with zero attached hydrogens (tertiary/aromatic N) is 2. The van der Waals surface area contributed by atoms with Crippen LogP contribution in [0, 0.1) is 5.82 Å². The molecule has 5 nitrogen and oxygen atoms in total. The third-order valence-electron chi connectivity index (χ3n) is 3.28. The van der Waals surface area contributed by atoms with E-state index < -0.39 is 0 Å². The Labute approximate surface area is 118 Å². The molecule has 1 fully saturated rings. The van der Waals surface area contributed by atoms with Crippen LogP contribution in [-0.4, -0.2) is 50.8 Å². The van der Waals surface area contributed by atoms with E-state index in [2.05, 4.69) is 4.99 Å². The van der Waals surface area contributed by atoms with Crippen LogP contribution in [0.5, 0.6) is 0 Å². The monoisotopic (exact) mass is 281 g/mol. The maximum atomic E-state index is 12.9. The Kier molecular flexibility index (Phi) is 5.31. The first-order chi connectivity index (χ1) is 9.70. The first kappa shape index (κ1) is 14.7. The second kappa shape index (κ2) is 7.21. The topological polar surface area (TPSA) is 60.1 Å². The molecule has 6 heteroatoms. The smallest absolute Gasteiger partial charge is 0.191 e. The van der Waals surface area contributed by atoms with E-state index in [-0.39, 0.29) is 11.9 Å². The molecule has 110 valence electrons. The average molecular weight is 281 g/mol. The second-order valence-electron chi connectivity index (χ2n) is 4.57. The highest BCUT2D eigenvalue weighted by Crippen LogP contribution is 2.17. The van der Waals surface area contributed by atoms with Gasteiger partial charge in [-0.15, -0.1) is 0 Å². The molecule has 1 aliphatic rings. The standard InChI is InChI=1S/C14H20FN3O2/c1-19-13(11-2-4-12(15)5-3-11)10-17-14(16)18-6-8-20-9-7-18/h2-5,13H,6-10H2,1H3,(H2,16,17). The number of ether oxygens (including phenoxy) is 2. The van der Waals surface area contributed by atoms with Gasteiger partial charge < -0.3 is 20.1 Å². The van der Waals surface area contributed by atoms with Crippen molar-refractivity contribution in [1.82, 2.24) is 4.90 Å². The van der Waals surface area contributed by atoms with Crippen molar-refractivity contribution in [1.29, 1.82) is 0 Å². The fourth-order valence-electron chi connectivity index (χ4n) is 2.06. The van der Waals surface area contributed by atoms with Crippen molar-refractivity contribution < 1.29 is 13.9 Å². The minimum atomic E-state index is -0.264. The van der Waals surface area contributed by atoms with E-state index >= 15 is 0 Å². The van der Waals surface area contributed by atoms with Gasteiger partial charge in [-0.3, -0.25) is 4.99 Å². The molecule has 20 heavy (non-hydrogen) atoms. The summed E-state index contributed by atoms with van der Waals surface area (Å²) in [5.74, 6) is 0.234. The number of morpholine rings is 1. The number of guanidine groups is 1. The highest BCUT2D eigenvalue weighted by Gasteiger charge is 2.14. The number of hydrogen-bond donors (Lipinski definition) is 1. The Balaban J connectivity index is 1.97. The van der Waals surface area contributed by atoms with Gasteiger partial charge in [-0.25, -0.2) is 4.39 Å². The van der Waals surface area contributed by atoms with Crippen LogP contribution in [0.25, 0.3) is 0 Å². The van der Waals surface area contributed by atoms with E-state index in [1.165, 1.54) is 12.1 Å². The molecule has 0 spiro atoms. The molecule has 0 bridgehead atoms. The van der Waals surface area contributed by atoms with Crippen LogP contribution in [0.1, 0.15) is 11.7 Å². The summed E-state index contributed by atoms with van der Waals surface area (Å²) in [6, 6.07) is 6.22. The number of aliphatic imine (C=N–C) groups is 1. The third kappa shape index (κ3) is 3.91. The van der Waals surface area contributed by atoms with Gasteiger partial charge in [0.2, 0.25) is 0 Å². The van der Waals surface area contributed by atoms with Crippen LogP contribution in [0.2, 0.25) is 0 Å². The number of benzene rings is 1. The lowest BCUT2D eigenvalue weighted by Crippen LogP contribution is -2.45. The Morgan fingerprint density at radius 2 is 2.05 bits per heavy atom. The molecule has 1 atom stereocenters. The summed E-state index contributed by atoms with van der Waals surface area (Å²) >= 11 is 0. The van der Waals surface area contributed by atoms with Gasteiger partial charge in [-0.2, -0.15) is 0 Å². The van der Waals surface area contributed by atoms with Gasteiger partial charge in [-0.1, -0.05) is 12.1 Å². The maximum Gasteiger partial charge on any atom is 0.191 e. The number of rotatable bonds is 4. The summed E-state index contributed by atoms with van der Waals surface area (Å²) in [5, 5.41) is 0. The number of hydrogen-bond acceptors (Lipinski definition) is 3. The van der Waals surface area contributed by atoms with Crippen molar-refractivity contribution in [2.75, 3.05) is 40.0 Å². The van der Waals surface area contributed by atoms with Crippen molar-refractivity contribution in [3.05, 3.63) is 35.6 Å². The molecule has 0 aliphatic carbocycles. The van der Waals surface area contributed by atoms with E-state index in [4.69, 9.17) is 15.2 Å². The minimum Gasteiger partial charge on any atom is -0.378 e. The van der Waals surface area contributed by atoms with Crippen LogP contribution in [-0.2, 0) is 9.47 Å². The van der Waals surface area contributed by atoms with Gasteiger partial charge in [0.05, 0.1) is 19.8 Å². The van der Waals surface area contributed by atoms with Crippen molar-refractivity contribution in [2.45, 2.75) is 6.10 Å². The second-order valence-corrected chi connectivity index (χ2v) is 4.57. The van der Waals surface area contributed by atoms with E-state index in [0.29, 0.717) is 25.7 Å². The van der Waals surface area contributed by atoms with Crippen LogP contribution in [0.4, 0.5) is 4.39 Å². The van der Waals surface area contributed by atoms with Crippen molar-refractivity contribution in [3.8, 4) is 0 Å². The fraction of sp³-hybridized carbons (Fsp3) is 0.500. The molecule has 1 aromatic rings. The summed E-state index contributed by atoms with van der Waals surface area (Å²) in [6.07, 6.45) is -0.227. The summed E-state index contributed by atoms with van der Waals surface area (Å²) in [6.45, 7) is 3.25. The van der Waals surface area contributed by atoms with Crippen molar-refractivity contribution in [3.63, 3.8) is 0 Å². The largest absolute Gasteiger partial charge is 0.378 e. The molecule has 0 amide bonds. The zero-order chi connectivity index (χ0) is 14.4. The van der Waals surface area contributed by atoms with E-state index in [0.717, 1.165) is 18.7 Å². The first-order valence-electron chi connectivity index (χ1n) is 6.61. The Bertz CT molecular complexity index is 444.